The quantitative estimate of drug-likeness (QED) is 0.633. The summed E-state index contributed by atoms with van der Waals surface area (Å²) in [4.78, 5) is 2.27. The Kier molecular flexibility index (Phi) is 6.81. The largest absolute Gasteiger partial charge is 0.379 e. The summed E-state index contributed by atoms with van der Waals surface area (Å²) in [7, 11) is -3.33. The number of unbranched alkanes of at least 4 members (excludes halogenated alkanes) is 2. The van der Waals surface area contributed by atoms with E-state index in [-0.39, 0.29) is 6.67 Å². The molecule has 0 saturated carbocycles. The monoisotopic (exact) mass is 323 g/mol. The fourth-order valence-corrected chi connectivity index (χ4v) is 4.29. The first-order chi connectivity index (χ1) is 10.1. The normalized spacial score (nSPS) is 23.5. The number of piperazine rings is 1. The second kappa shape index (κ2) is 8.38. The van der Waals surface area contributed by atoms with Crippen LogP contribution < -0.4 is 0 Å². The van der Waals surface area contributed by atoms with Gasteiger partial charge in [-0.15, -0.1) is 0 Å². The van der Waals surface area contributed by atoms with Crippen LogP contribution in [0.3, 0.4) is 0 Å². The number of rotatable bonds is 7. The fourth-order valence-electron chi connectivity index (χ4n) is 2.73. The van der Waals surface area contributed by atoms with E-state index in [1.807, 2.05) is 0 Å². The van der Waals surface area contributed by atoms with Crippen molar-refractivity contribution < 1.29 is 17.5 Å². The van der Waals surface area contributed by atoms with E-state index < -0.39 is 10.2 Å². The molecule has 0 atom stereocenters. The predicted octanol–water partition coefficient (Wildman–Crippen LogP) is 0.321. The van der Waals surface area contributed by atoms with E-state index in [0.717, 1.165) is 32.5 Å². The summed E-state index contributed by atoms with van der Waals surface area (Å²) in [6.07, 6.45) is 2.52. The van der Waals surface area contributed by atoms with Crippen molar-refractivity contribution in [2.24, 2.45) is 0 Å². The molecule has 2 rings (SSSR count). The molecule has 6 nitrogen and oxygen atoms in total. The lowest BCUT2D eigenvalue weighted by atomic mass is 10.2. The lowest BCUT2D eigenvalue weighted by Crippen LogP contribution is -2.54. The van der Waals surface area contributed by atoms with E-state index in [9.17, 15) is 12.8 Å². The average molecular weight is 323 g/mol. The second-order valence-electron chi connectivity index (χ2n) is 5.51. The zero-order valence-electron chi connectivity index (χ0n) is 12.5. The Morgan fingerprint density at radius 2 is 1.48 bits per heavy atom. The van der Waals surface area contributed by atoms with Crippen molar-refractivity contribution in [1.29, 1.82) is 0 Å². The Labute approximate surface area is 127 Å². The molecule has 2 heterocycles. The van der Waals surface area contributed by atoms with Gasteiger partial charge in [-0.1, -0.05) is 0 Å². The number of halogens is 1. The summed E-state index contributed by atoms with van der Waals surface area (Å²) in [6.45, 7) is 5.17. The number of alkyl halides is 1. The zero-order valence-corrected chi connectivity index (χ0v) is 13.4. The first kappa shape index (κ1) is 17.1. The molecule has 0 unspecified atom stereocenters. The van der Waals surface area contributed by atoms with Crippen molar-refractivity contribution >= 4 is 10.2 Å². The Bertz CT molecular complexity index is 393. The van der Waals surface area contributed by atoms with Crippen LogP contribution in [0.4, 0.5) is 4.39 Å². The highest BCUT2D eigenvalue weighted by atomic mass is 32.2. The summed E-state index contributed by atoms with van der Waals surface area (Å²) < 4.78 is 45.3. The van der Waals surface area contributed by atoms with E-state index in [0.29, 0.717) is 45.8 Å². The maximum Gasteiger partial charge on any atom is 0.282 e. The van der Waals surface area contributed by atoms with Crippen LogP contribution >= 0.6 is 0 Å². The van der Waals surface area contributed by atoms with Crippen LogP contribution in [0.1, 0.15) is 19.3 Å². The van der Waals surface area contributed by atoms with E-state index in [2.05, 4.69) is 4.90 Å². The highest BCUT2D eigenvalue weighted by molar-refractivity contribution is 7.86. The van der Waals surface area contributed by atoms with Gasteiger partial charge in [-0.25, -0.2) is 0 Å². The summed E-state index contributed by atoms with van der Waals surface area (Å²) in [5.74, 6) is 0. The minimum Gasteiger partial charge on any atom is -0.379 e. The minimum absolute atomic E-state index is 0.244. The summed E-state index contributed by atoms with van der Waals surface area (Å²) >= 11 is 0. The van der Waals surface area contributed by atoms with Crippen molar-refractivity contribution in [3.63, 3.8) is 0 Å². The van der Waals surface area contributed by atoms with Gasteiger partial charge in [-0.05, 0) is 25.8 Å². The molecular weight excluding hydrogens is 297 g/mol. The zero-order chi connectivity index (χ0) is 15.1. The van der Waals surface area contributed by atoms with E-state index in [1.54, 1.807) is 4.31 Å². The third-order valence-corrected chi connectivity index (χ3v) is 6.10. The van der Waals surface area contributed by atoms with E-state index >= 15 is 0 Å². The van der Waals surface area contributed by atoms with Gasteiger partial charge in [0.15, 0.2) is 0 Å². The molecule has 2 aliphatic rings. The summed E-state index contributed by atoms with van der Waals surface area (Å²) in [6, 6.07) is 0. The van der Waals surface area contributed by atoms with Gasteiger partial charge in [0.2, 0.25) is 0 Å². The Morgan fingerprint density at radius 1 is 0.857 bits per heavy atom. The van der Waals surface area contributed by atoms with Crippen LogP contribution in [0.2, 0.25) is 0 Å². The molecule has 0 aliphatic carbocycles. The molecule has 0 aromatic heterocycles. The molecule has 21 heavy (non-hydrogen) atoms. The number of morpholine rings is 1. The molecule has 0 aromatic carbocycles. The smallest absolute Gasteiger partial charge is 0.282 e. The maximum atomic E-state index is 12.5. The molecule has 124 valence electrons. The van der Waals surface area contributed by atoms with Gasteiger partial charge in [0.05, 0.1) is 19.9 Å². The van der Waals surface area contributed by atoms with Crippen molar-refractivity contribution in [2.45, 2.75) is 19.3 Å². The summed E-state index contributed by atoms with van der Waals surface area (Å²) in [5, 5.41) is 0. The van der Waals surface area contributed by atoms with Crippen LogP contribution in [0.25, 0.3) is 0 Å². The van der Waals surface area contributed by atoms with Crippen LogP contribution in [0.15, 0.2) is 0 Å². The van der Waals surface area contributed by atoms with Crippen molar-refractivity contribution in [3.05, 3.63) is 0 Å². The molecule has 0 amide bonds. The number of hydrogen-bond acceptors (Lipinski definition) is 4. The van der Waals surface area contributed by atoms with Gasteiger partial charge < -0.3 is 9.64 Å². The highest BCUT2D eigenvalue weighted by Gasteiger charge is 2.32. The van der Waals surface area contributed by atoms with Crippen molar-refractivity contribution in [2.75, 3.05) is 65.7 Å². The summed E-state index contributed by atoms with van der Waals surface area (Å²) in [5.41, 5.74) is 0. The Balaban J connectivity index is 1.74. The highest BCUT2D eigenvalue weighted by Crippen LogP contribution is 2.14. The molecule has 2 aliphatic heterocycles. The molecule has 0 aromatic rings. The first-order valence-electron chi connectivity index (χ1n) is 7.76. The SMILES string of the molecule is O=S(=O)(N1CCOCC1)N1CCN(CCCCCF)CC1. The third kappa shape index (κ3) is 4.85. The van der Waals surface area contributed by atoms with Gasteiger partial charge >= 0.3 is 0 Å². The molecule has 0 radical (unpaired) electrons. The molecular formula is C13H26FN3O3S. The van der Waals surface area contributed by atoms with Crippen LogP contribution in [-0.4, -0.2) is 87.6 Å². The van der Waals surface area contributed by atoms with Crippen LogP contribution in [0, 0.1) is 0 Å². The number of hydrogen-bond donors (Lipinski definition) is 0. The molecule has 2 fully saturated rings. The van der Waals surface area contributed by atoms with E-state index in [4.69, 9.17) is 4.74 Å². The number of nitrogens with zero attached hydrogens (tertiary/aromatic N) is 3. The first-order valence-corrected chi connectivity index (χ1v) is 9.15. The lowest BCUT2D eigenvalue weighted by Gasteiger charge is -2.37. The minimum atomic E-state index is -3.33. The Hall–Kier alpha value is -0.280. The average Bonchev–Trinajstić information content (AvgIpc) is 2.53. The standard InChI is InChI=1S/C13H26FN3O3S/c14-4-2-1-3-5-15-6-8-16(9-7-15)21(18,19)17-10-12-20-13-11-17/h1-13H2. The third-order valence-electron chi connectivity index (χ3n) is 4.06. The van der Waals surface area contributed by atoms with E-state index in [1.165, 1.54) is 4.31 Å². The molecule has 2 saturated heterocycles. The Morgan fingerprint density at radius 3 is 2.10 bits per heavy atom. The second-order valence-corrected chi connectivity index (χ2v) is 7.44. The topological polar surface area (TPSA) is 53.1 Å². The van der Waals surface area contributed by atoms with Gasteiger partial charge in [-0.3, -0.25) is 4.39 Å². The predicted molar refractivity (Wildman–Crippen MR) is 79.2 cm³/mol. The fraction of sp³-hybridized carbons (Fsp3) is 1.00. The number of ether oxygens (including phenoxy) is 1. The molecule has 0 spiro atoms. The molecule has 0 N–H and O–H groups in total. The molecule has 0 bridgehead atoms. The van der Waals surface area contributed by atoms with Crippen LogP contribution in [-0.2, 0) is 14.9 Å². The van der Waals surface area contributed by atoms with Gasteiger partial charge in [0.25, 0.3) is 10.2 Å². The van der Waals surface area contributed by atoms with Crippen LogP contribution in [0.5, 0.6) is 0 Å². The lowest BCUT2D eigenvalue weighted by molar-refractivity contribution is 0.0685. The van der Waals surface area contributed by atoms with Gasteiger partial charge in [-0.2, -0.15) is 17.0 Å². The molecule has 8 heteroatoms. The van der Waals surface area contributed by atoms with Gasteiger partial charge in [0, 0.05) is 39.3 Å². The maximum absolute atomic E-state index is 12.5. The van der Waals surface area contributed by atoms with Crippen molar-refractivity contribution in [1.82, 2.24) is 13.5 Å². The van der Waals surface area contributed by atoms with Gasteiger partial charge in [0.1, 0.15) is 0 Å². The van der Waals surface area contributed by atoms with Crippen molar-refractivity contribution in [3.8, 4) is 0 Å².